The van der Waals surface area contributed by atoms with Gasteiger partial charge in [-0.1, -0.05) is 13.8 Å². The molecule has 0 fully saturated rings. The smallest absolute Gasteiger partial charge is 0.222 e. The van der Waals surface area contributed by atoms with E-state index in [1.54, 1.807) is 0 Å². The summed E-state index contributed by atoms with van der Waals surface area (Å²) >= 11 is 0. The van der Waals surface area contributed by atoms with Crippen LogP contribution in [0.3, 0.4) is 0 Å². The van der Waals surface area contributed by atoms with Gasteiger partial charge in [-0.2, -0.15) is 0 Å². The Balaban J connectivity index is 1.87. The number of rotatable bonds is 5. The lowest BCUT2D eigenvalue weighted by molar-refractivity contribution is -0.122. The minimum atomic E-state index is -0.115. The fourth-order valence-corrected chi connectivity index (χ4v) is 2.54. The Morgan fingerprint density at radius 2 is 2.14 bits per heavy atom. The highest BCUT2D eigenvalue weighted by molar-refractivity contribution is 5.78. The number of nitrogens with one attached hydrogen (secondary N) is 2. The molecule has 0 spiro atoms. The fourth-order valence-electron chi connectivity index (χ4n) is 2.54. The number of aromatic nitrogens is 3. The highest BCUT2D eigenvalue weighted by Crippen LogP contribution is 2.20. The van der Waals surface area contributed by atoms with Crippen LogP contribution >= 0.6 is 0 Å². The molecule has 7 nitrogen and oxygen atoms in total. The minimum Gasteiger partial charge on any atom is -0.356 e. The molecule has 2 N–H and O–H groups in total. The first-order valence-corrected chi connectivity index (χ1v) is 7.43. The predicted octanol–water partition coefficient (Wildman–Crippen LogP) is 0.359. The molecule has 0 radical (unpaired) electrons. The predicted molar refractivity (Wildman–Crippen MR) is 77.7 cm³/mol. The van der Waals surface area contributed by atoms with E-state index in [-0.39, 0.29) is 17.9 Å². The lowest BCUT2D eigenvalue weighted by atomic mass is 10.1. The summed E-state index contributed by atoms with van der Waals surface area (Å²) in [6, 6.07) is 0.107. The van der Waals surface area contributed by atoms with Crippen molar-refractivity contribution < 1.29 is 9.59 Å². The molecule has 116 valence electrons. The van der Waals surface area contributed by atoms with Crippen molar-refractivity contribution in [2.75, 3.05) is 6.54 Å². The highest BCUT2D eigenvalue weighted by Gasteiger charge is 2.24. The van der Waals surface area contributed by atoms with Crippen LogP contribution in [0.25, 0.3) is 0 Å². The topological polar surface area (TPSA) is 88.9 Å². The Kier molecular flexibility index (Phi) is 4.93. The first kappa shape index (κ1) is 15.5. The highest BCUT2D eigenvalue weighted by atomic mass is 16.2. The monoisotopic (exact) mass is 293 g/mol. The van der Waals surface area contributed by atoms with Crippen molar-refractivity contribution in [2.45, 2.75) is 58.5 Å². The maximum atomic E-state index is 11.9. The molecular weight excluding hydrogens is 270 g/mol. The van der Waals surface area contributed by atoms with E-state index in [2.05, 4.69) is 39.2 Å². The molecular formula is C14H23N5O2. The van der Waals surface area contributed by atoms with Crippen LogP contribution < -0.4 is 10.6 Å². The van der Waals surface area contributed by atoms with Gasteiger partial charge in [0.05, 0.1) is 0 Å². The molecule has 1 atom stereocenters. The minimum absolute atomic E-state index is 0.0311. The lowest BCUT2D eigenvalue weighted by Gasteiger charge is -2.26. The SMILES string of the molecule is CC(=O)NCCC(=O)NC1CCc2nnc(C(C)C)n2C1. The number of carbonyl (C=O) groups excluding carboxylic acids is 2. The number of aryl methyl sites for hydroxylation is 1. The second-order valence-electron chi connectivity index (χ2n) is 5.78. The van der Waals surface area contributed by atoms with Crippen molar-refractivity contribution in [3.8, 4) is 0 Å². The van der Waals surface area contributed by atoms with Crippen molar-refractivity contribution in [2.24, 2.45) is 0 Å². The fraction of sp³-hybridized carbons (Fsp3) is 0.714. The number of hydrogen-bond donors (Lipinski definition) is 2. The zero-order valence-corrected chi connectivity index (χ0v) is 12.8. The number of carbonyl (C=O) groups is 2. The summed E-state index contributed by atoms with van der Waals surface area (Å²) in [6.07, 6.45) is 2.01. The van der Waals surface area contributed by atoms with Crippen LogP contribution in [-0.4, -0.2) is 39.2 Å². The summed E-state index contributed by atoms with van der Waals surface area (Å²) in [5.74, 6) is 2.15. The van der Waals surface area contributed by atoms with Gasteiger partial charge in [0.25, 0.3) is 0 Å². The molecule has 2 rings (SSSR count). The molecule has 1 aromatic rings. The molecule has 0 saturated heterocycles. The molecule has 7 heteroatoms. The molecule has 0 bridgehead atoms. The average Bonchev–Trinajstić information content (AvgIpc) is 2.81. The van der Waals surface area contributed by atoms with Gasteiger partial charge in [0.1, 0.15) is 11.6 Å². The Bertz CT molecular complexity index is 523. The lowest BCUT2D eigenvalue weighted by Crippen LogP contribution is -2.42. The van der Waals surface area contributed by atoms with Gasteiger partial charge < -0.3 is 15.2 Å². The van der Waals surface area contributed by atoms with Gasteiger partial charge in [0.15, 0.2) is 0 Å². The van der Waals surface area contributed by atoms with Crippen LogP contribution in [0.15, 0.2) is 0 Å². The van der Waals surface area contributed by atoms with E-state index in [1.807, 2.05) is 0 Å². The van der Waals surface area contributed by atoms with Crippen molar-refractivity contribution in [1.82, 2.24) is 25.4 Å². The van der Waals surface area contributed by atoms with Crippen LogP contribution in [0.5, 0.6) is 0 Å². The number of amides is 2. The summed E-state index contributed by atoms with van der Waals surface area (Å²) in [6.45, 7) is 6.73. The molecule has 1 aliphatic heterocycles. The molecule has 0 saturated carbocycles. The van der Waals surface area contributed by atoms with Crippen molar-refractivity contribution in [1.29, 1.82) is 0 Å². The average molecular weight is 293 g/mol. The summed E-state index contributed by atoms with van der Waals surface area (Å²) in [5.41, 5.74) is 0. The molecule has 1 aliphatic rings. The van der Waals surface area contributed by atoms with Gasteiger partial charge >= 0.3 is 0 Å². The first-order valence-electron chi connectivity index (χ1n) is 7.43. The number of nitrogens with zero attached hydrogens (tertiary/aromatic N) is 3. The Morgan fingerprint density at radius 3 is 2.81 bits per heavy atom. The van der Waals surface area contributed by atoms with E-state index >= 15 is 0 Å². The molecule has 0 aliphatic carbocycles. The van der Waals surface area contributed by atoms with E-state index < -0.39 is 0 Å². The maximum absolute atomic E-state index is 11.9. The second-order valence-corrected chi connectivity index (χ2v) is 5.78. The first-order chi connectivity index (χ1) is 9.97. The summed E-state index contributed by atoms with van der Waals surface area (Å²) in [7, 11) is 0. The van der Waals surface area contributed by atoms with E-state index in [4.69, 9.17) is 0 Å². The second kappa shape index (κ2) is 6.69. The van der Waals surface area contributed by atoms with Gasteiger partial charge in [0.2, 0.25) is 11.8 Å². The molecule has 2 heterocycles. The van der Waals surface area contributed by atoms with Crippen LogP contribution in [0.4, 0.5) is 0 Å². The Hall–Kier alpha value is -1.92. The zero-order valence-electron chi connectivity index (χ0n) is 12.8. The number of hydrogen-bond acceptors (Lipinski definition) is 4. The molecule has 1 aromatic heterocycles. The third-order valence-corrected chi connectivity index (χ3v) is 3.58. The Morgan fingerprint density at radius 1 is 1.38 bits per heavy atom. The summed E-state index contributed by atoms with van der Waals surface area (Å²) in [5, 5.41) is 14.1. The summed E-state index contributed by atoms with van der Waals surface area (Å²) in [4.78, 5) is 22.6. The van der Waals surface area contributed by atoms with Gasteiger partial charge in [0, 0.05) is 44.8 Å². The standard InChI is InChI=1S/C14H23N5O2/c1-9(2)14-18-17-12-5-4-11(8-19(12)14)16-13(21)6-7-15-10(3)20/h9,11H,4-8H2,1-3H3,(H,15,20)(H,16,21). The maximum Gasteiger partial charge on any atom is 0.222 e. The zero-order chi connectivity index (χ0) is 15.4. The molecule has 1 unspecified atom stereocenters. The van der Waals surface area contributed by atoms with Gasteiger partial charge in [-0.25, -0.2) is 0 Å². The van der Waals surface area contributed by atoms with Gasteiger partial charge in [-0.3, -0.25) is 9.59 Å². The van der Waals surface area contributed by atoms with Crippen molar-refractivity contribution >= 4 is 11.8 Å². The van der Waals surface area contributed by atoms with Crippen molar-refractivity contribution in [3.05, 3.63) is 11.6 Å². The normalized spacial score (nSPS) is 17.4. The molecule has 21 heavy (non-hydrogen) atoms. The van der Waals surface area contributed by atoms with E-state index in [9.17, 15) is 9.59 Å². The molecule has 2 amide bonds. The van der Waals surface area contributed by atoms with Crippen LogP contribution in [0, 0.1) is 0 Å². The largest absolute Gasteiger partial charge is 0.356 e. The van der Waals surface area contributed by atoms with E-state index in [0.717, 1.165) is 31.0 Å². The van der Waals surface area contributed by atoms with E-state index in [0.29, 0.717) is 18.9 Å². The van der Waals surface area contributed by atoms with Crippen molar-refractivity contribution in [3.63, 3.8) is 0 Å². The quantitative estimate of drug-likeness (QED) is 0.820. The van der Waals surface area contributed by atoms with Crippen LogP contribution in [-0.2, 0) is 22.6 Å². The third kappa shape index (κ3) is 4.03. The third-order valence-electron chi connectivity index (χ3n) is 3.58. The van der Waals surface area contributed by atoms with Gasteiger partial charge in [-0.15, -0.1) is 10.2 Å². The van der Waals surface area contributed by atoms with E-state index in [1.165, 1.54) is 6.92 Å². The van der Waals surface area contributed by atoms with Crippen LogP contribution in [0.1, 0.15) is 51.2 Å². The summed E-state index contributed by atoms with van der Waals surface area (Å²) < 4.78 is 2.12. The Labute approximate surface area is 124 Å². The van der Waals surface area contributed by atoms with Gasteiger partial charge in [-0.05, 0) is 6.42 Å². The van der Waals surface area contributed by atoms with Crippen LogP contribution in [0.2, 0.25) is 0 Å². The molecule has 0 aromatic carbocycles. The number of fused-ring (bicyclic) bond motifs is 1.